The molecule has 1 nitrogen and oxygen atoms in total. The molecule has 0 amide bonds. The second kappa shape index (κ2) is 21.2. The Morgan fingerprint density at radius 3 is 0.833 bits per heavy atom. The van der Waals surface area contributed by atoms with Gasteiger partial charge in [0, 0.05) is 7.11 Å². The van der Waals surface area contributed by atoms with E-state index >= 15 is 0 Å². The van der Waals surface area contributed by atoms with E-state index in [0.717, 1.165) is 0 Å². The Balaban J connectivity index is -0.000000109. The molecule has 1 heteroatoms. The van der Waals surface area contributed by atoms with Crippen LogP contribution in [0.4, 0.5) is 0 Å². The average molecular weight is 511 g/mol. The third-order valence-corrected chi connectivity index (χ3v) is 3.14. The normalized spacial score (nSPS) is 11.5. The average Bonchev–Trinajstić information content (AvgIpc) is 2.58. The molecule has 0 aliphatic carbocycles. The second-order valence-electron chi connectivity index (χ2n) is 16.8. The van der Waals surface area contributed by atoms with E-state index in [1.165, 1.54) is 12.0 Å². The summed E-state index contributed by atoms with van der Waals surface area (Å²) in [5.41, 5.74) is 3.50. The number of hydrogen-bond donors (Lipinski definition) is 0. The first kappa shape index (κ1) is 45.1. The maximum absolute atomic E-state index is 4.94. The summed E-state index contributed by atoms with van der Waals surface area (Å²) in [6.07, 6.45) is 1.27. The maximum atomic E-state index is 4.94. The van der Waals surface area contributed by atoms with E-state index in [9.17, 15) is 0 Å². The van der Waals surface area contributed by atoms with Crippen LogP contribution in [-0.4, -0.2) is 12.7 Å². The number of ether oxygens (including phenoxy) is 1. The summed E-state index contributed by atoms with van der Waals surface area (Å²) in [5, 5.41) is 0. The van der Waals surface area contributed by atoms with Gasteiger partial charge in [-0.05, 0) is 53.9 Å². The maximum Gasteiger partial charge on any atom is 0.0594 e. The smallest absolute Gasteiger partial charge is 0.0594 e. The standard InChI is InChI=1S/C9H12.C6H14.C5H12O.3C5H12/c1-8(2)9-6-4-3-5-7-9;1-5-6(2,3)4;1-5(2,3)6-4;3*1-5(2,3)4/h3-8H,1-2H3;5H2,1-4H3;1-4H3;3*1-4H3. The van der Waals surface area contributed by atoms with Gasteiger partial charge in [0.1, 0.15) is 0 Å². The Hall–Kier alpha value is -0.820. The molecule has 0 aliphatic heterocycles. The molecule has 0 atom stereocenters. The Morgan fingerprint density at radius 2 is 0.750 bits per heavy atom. The molecule has 0 aromatic heterocycles. The highest BCUT2D eigenvalue weighted by Crippen LogP contribution is 2.16. The molecular formula is C35H74O. The van der Waals surface area contributed by atoms with Crippen LogP contribution >= 0.6 is 0 Å². The number of benzene rings is 1. The van der Waals surface area contributed by atoms with Crippen molar-refractivity contribution in [3.05, 3.63) is 35.9 Å². The lowest BCUT2D eigenvalue weighted by atomic mass is 9.94. The van der Waals surface area contributed by atoms with Crippen LogP contribution in [0.5, 0.6) is 0 Å². The summed E-state index contributed by atoms with van der Waals surface area (Å²) >= 11 is 0. The molecule has 0 N–H and O–H groups in total. The van der Waals surface area contributed by atoms with Crippen molar-refractivity contribution in [2.75, 3.05) is 7.11 Å². The molecule has 1 aromatic rings. The molecule has 0 fully saturated rings. The summed E-state index contributed by atoms with van der Waals surface area (Å²) in [5.74, 6) is 0.659. The van der Waals surface area contributed by atoms with Crippen molar-refractivity contribution in [1.82, 2.24) is 0 Å². The van der Waals surface area contributed by atoms with Gasteiger partial charge in [0.25, 0.3) is 0 Å². The zero-order valence-electron chi connectivity index (χ0n) is 29.6. The van der Waals surface area contributed by atoms with Gasteiger partial charge in [-0.15, -0.1) is 0 Å². The first-order valence-electron chi connectivity index (χ1n) is 14.0. The summed E-state index contributed by atoms with van der Waals surface area (Å²) < 4.78 is 4.94. The highest BCUT2D eigenvalue weighted by molar-refractivity contribution is 5.17. The highest BCUT2D eigenvalue weighted by atomic mass is 16.5. The van der Waals surface area contributed by atoms with Gasteiger partial charge >= 0.3 is 0 Å². The van der Waals surface area contributed by atoms with Gasteiger partial charge < -0.3 is 4.74 Å². The molecule has 0 spiro atoms. The molecule has 36 heavy (non-hydrogen) atoms. The van der Waals surface area contributed by atoms with Gasteiger partial charge in [-0.25, -0.2) is 0 Å². The fourth-order valence-electron chi connectivity index (χ4n) is 0.838. The first-order valence-corrected chi connectivity index (χ1v) is 14.0. The third kappa shape index (κ3) is 116. The van der Waals surface area contributed by atoms with Crippen LogP contribution in [0, 0.1) is 21.7 Å². The molecule has 1 rings (SSSR count). The molecule has 0 aliphatic rings. The number of hydrogen-bond acceptors (Lipinski definition) is 1. The molecule has 0 saturated carbocycles. The van der Waals surface area contributed by atoms with Crippen LogP contribution in [-0.2, 0) is 4.74 Å². The largest absolute Gasteiger partial charge is 0.379 e. The van der Waals surface area contributed by atoms with Crippen LogP contribution in [0.25, 0.3) is 0 Å². The highest BCUT2D eigenvalue weighted by Gasteiger charge is 2.04. The molecule has 0 saturated heterocycles. The lowest BCUT2D eigenvalue weighted by Gasteiger charge is -2.14. The minimum absolute atomic E-state index is 0.0417. The third-order valence-electron chi connectivity index (χ3n) is 3.14. The van der Waals surface area contributed by atoms with E-state index < -0.39 is 0 Å². The molecule has 0 unspecified atom stereocenters. The van der Waals surface area contributed by atoms with Crippen molar-refractivity contribution in [2.24, 2.45) is 21.7 Å². The molecule has 0 radical (unpaired) electrons. The molecule has 220 valence electrons. The van der Waals surface area contributed by atoms with E-state index in [1.54, 1.807) is 7.11 Å². The van der Waals surface area contributed by atoms with Gasteiger partial charge in [0.05, 0.1) is 5.60 Å². The van der Waals surface area contributed by atoms with Gasteiger partial charge in [0.2, 0.25) is 0 Å². The fraction of sp³-hybridized carbons (Fsp3) is 0.829. The minimum Gasteiger partial charge on any atom is -0.379 e. The second-order valence-corrected chi connectivity index (χ2v) is 16.8. The SMILES string of the molecule is CC(C)(C)C.CC(C)(C)C.CC(C)(C)C.CC(C)c1ccccc1.CCC(C)(C)C.COC(C)(C)C. The Bertz CT molecular complexity index is 486. The summed E-state index contributed by atoms with van der Waals surface area (Å²) in [6.45, 7) is 45.7. The van der Waals surface area contributed by atoms with Crippen LogP contribution in [0.1, 0.15) is 163 Å². The molecule has 0 bridgehead atoms. The zero-order chi connectivity index (χ0) is 30.6. The molecular weight excluding hydrogens is 436 g/mol. The monoisotopic (exact) mass is 511 g/mol. The van der Waals surface area contributed by atoms with Gasteiger partial charge in [0.15, 0.2) is 0 Å². The fourth-order valence-corrected chi connectivity index (χ4v) is 0.838. The predicted octanol–water partition coefficient (Wildman–Crippen LogP) is 12.8. The van der Waals surface area contributed by atoms with Crippen LogP contribution in [0.2, 0.25) is 0 Å². The van der Waals surface area contributed by atoms with Crippen LogP contribution in [0.3, 0.4) is 0 Å². The van der Waals surface area contributed by atoms with E-state index in [4.69, 9.17) is 4.74 Å². The van der Waals surface area contributed by atoms with Crippen LogP contribution < -0.4 is 0 Å². The molecule has 0 heterocycles. The summed E-state index contributed by atoms with van der Waals surface area (Å²) in [7, 11) is 1.71. The summed E-state index contributed by atoms with van der Waals surface area (Å²) in [4.78, 5) is 0. The topological polar surface area (TPSA) is 9.23 Å². The van der Waals surface area contributed by atoms with E-state index in [0.29, 0.717) is 27.6 Å². The van der Waals surface area contributed by atoms with E-state index in [-0.39, 0.29) is 5.60 Å². The van der Waals surface area contributed by atoms with Gasteiger partial charge in [-0.1, -0.05) is 161 Å². The van der Waals surface area contributed by atoms with Gasteiger partial charge in [-0.2, -0.15) is 0 Å². The Labute approximate surface area is 232 Å². The van der Waals surface area contributed by atoms with Crippen molar-refractivity contribution in [1.29, 1.82) is 0 Å². The lowest BCUT2D eigenvalue weighted by molar-refractivity contribution is 0.0397. The predicted molar refractivity (Wildman–Crippen MR) is 172 cm³/mol. The Morgan fingerprint density at radius 1 is 0.556 bits per heavy atom. The number of methoxy groups -OCH3 is 1. The summed E-state index contributed by atoms with van der Waals surface area (Å²) in [6, 6.07) is 10.5. The van der Waals surface area contributed by atoms with Crippen LogP contribution in [0.15, 0.2) is 30.3 Å². The minimum atomic E-state index is 0.0417. The van der Waals surface area contributed by atoms with E-state index in [2.05, 4.69) is 149 Å². The van der Waals surface area contributed by atoms with Crippen molar-refractivity contribution in [2.45, 2.75) is 163 Å². The van der Waals surface area contributed by atoms with Crippen molar-refractivity contribution < 1.29 is 4.74 Å². The van der Waals surface area contributed by atoms with Gasteiger partial charge in [-0.3, -0.25) is 0 Å². The quantitative estimate of drug-likeness (QED) is 0.365. The lowest BCUT2D eigenvalue weighted by Crippen LogP contribution is -2.15. The Kier molecular flexibility index (Phi) is 26.5. The number of rotatable bonds is 1. The first-order chi connectivity index (χ1) is 15.4. The molecule has 1 aromatic carbocycles. The van der Waals surface area contributed by atoms with Crippen molar-refractivity contribution in [3.63, 3.8) is 0 Å². The zero-order valence-corrected chi connectivity index (χ0v) is 29.6. The van der Waals surface area contributed by atoms with Crippen molar-refractivity contribution >= 4 is 0 Å². The van der Waals surface area contributed by atoms with E-state index in [1.807, 2.05) is 26.8 Å². The van der Waals surface area contributed by atoms with Crippen molar-refractivity contribution in [3.8, 4) is 0 Å².